The molecule has 1 aromatic carbocycles. The number of nitrogens with one attached hydrogen (secondary N) is 1. The molecule has 0 spiro atoms. The Bertz CT molecular complexity index is 717. The van der Waals surface area contributed by atoms with Crippen molar-refractivity contribution in [3.63, 3.8) is 0 Å². The van der Waals surface area contributed by atoms with Gasteiger partial charge in [-0.2, -0.15) is 0 Å². The highest BCUT2D eigenvalue weighted by Crippen LogP contribution is 2.17. The Morgan fingerprint density at radius 2 is 1.87 bits per heavy atom. The van der Waals surface area contributed by atoms with Crippen LogP contribution in [0.4, 0.5) is 20.4 Å². The van der Waals surface area contributed by atoms with Gasteiger partial charge in [-0.15, -0.1) is 0 Å². The molecule has 1 N–H and O–H groups in total. The van der Waals surface area contributed by atoms with Crippen molar-refractivity contribution in [2.75, 3.05) is 18.4 Å². The Balaban J connectivity index is 1.76. The van der Waals surface area contributed by atoms with Crippen LogP contribution >= 0.6 is 0 Å². The van der Waals surface area contributed by atoms with Crippen LogP contribution in [0.2, 0.25) is 0 Å². The van der Waals surface area contributed by atoms with Crippen LogP contribution in [-0.2, 0) is 0 Å². The molecule has 23 heavy (non-hydrogen) atoms. The zero-order valence-corrected chi connectivity index (χ0v) is 12.4. The summed E-state index contributed by atoms with van der Waals surface area (Å²) >= 11 is 0. The van der Waals surface area contributed by atoms with E-state index in [4.69, 9.17) is 0 Å². The molecule has 1 aliphatic rings. The van der Waals surface area contributed by atoms with Crippen molar-refractivity contribution in [1.82, 2.24) is 14.9 Å². The van der Waals surface area contributed by atoms with Gasteiger partial charge < -0.3 is 10.2 Å². The molecule has 0 unspecified atom stereocenters. The third-order valence-electron chi connectivity index (χ3n) is 3.69. The van der Waals surface area contributed by atoms with Crippen LogP contribution in [0.5, 0.6) is 0 Å². The Hall–Kier alpha value is -2.57. The van der Waals surface area contributed by atoms with Crippen LogP contribution in [0.25, 0.3) is 0 Å². The normalized spacial score (nSPS) is 14.6. The van der Waals surface area contributed by atoms with E-state index >= 15 is 0 Å². The van der Waals surface area contributed by atoms with Gasteiger partial charge in [0.2, 0.25) is 5.95 Å². The topological polar surface area (TPSA) is 58.1 Å². The van der Waals surface area contributed by atoms with Gasteiger partial charge in [0.05, 0.1) is 0 Å². The first-order valence-corrected chi connectivity index (χ1v) is 7.48. The molecule has 2 heterocycles. The van der Waals surface area contributed by atoms with E-state index in [-0.39, 0.29) is 17.5 Å². The molecule has 1 saturated heterocycles. The molecule has 0 radical (unpaired) electrons. The number of carbonyl (C=O) groups excluding carboxylic acids is 1. The summed E-state index contributed by atoms with van der Waals surface area (Å²) in [5.74, 6) is -1.86. The van der Waals surface area contributed by atoms with Gasteiger partial charge in [-0.05, 0) is 37.5 Å². The number of benzene rings is 1. The first-order chi connectivity index (χ1) is 11.1. The molecule has 7 heteroatoms. The predicted molar refractivity (Wildman–Crippen MR) is 81.4 cm³/mol. The molecule has 1 amide bonds. The maximum atomic E-state index is 13.2. The molecule has 1 aromatic heterocycles. The number of aromatic nitrogens is 2. The third kappa shape index (κ3) is 3.61. The Kier molecular flexibility index (Phi) is 4.45. The number of rotatable bonds is 3. The minimum absolute atomic E-state index is 0.138. The van der Waals surface area contributed by atoms with Crippen molar-refractivity contribution in [3.8, 4) is 0 Å². The summed E-state index contributed by atoms with van der Waals surface area (Å²) < 4.78 is 26.1. The van der Waals surface area contributed by atoms with Crippen LogP contribution in [0.15, 0.2) is 30.5 Å². The smallest absolute Gasteiger partial charge is 0.272 e. The van der Waals surface area contributed by atoms with E-state index < -0.39 is 11.6 Å². The van der Waals surface area contributed by atoms with Crippen LogP contribution in [0, 0.1) is 11.6 Å². The van der Waals surface area contributed by atoms with Gasteiger partial charge in [0.25, 0.3) is 5.91 Å². The van der Waals surface area contributed by atoms with Crippen LogP contribution in [0.1, 0.15) is 29.8 Å². The second-order valence-electron chi connectivity index (χ2n) is 5.37. The quantitative estimate of drug-likeness (QED) is 0.944. The molecule has 3 rings (SSSR count). The maximum Gasteiger partial charge on any atom is 0.272 e. The highest BCUT2D eigenvalue weighted by molar-refractivity contribution is 5.92. The largest absolute Gasteiger partial charge is 0.337 e. The zero-order chi connectivity index (χ0) is 16.2. The summed E-state index contributed by atoms with van der Waals surface area (Å²) in [4.78, 5) is 22.3. The van der Waals surface area contributed by atoms with Gasteiger partial charge in [-0.1, -0.05) is 0 Å². The molecule has 0 aliphatic carbocycles. The summed E-state index contributed by atoms with van der Waals surface area (Å²) in [6, 6.07) is 4.95. The number of hydrogen-bond acceptors (Lipinski definition) is 4. The molecule has 0 saturated carbocycles. The number of nitrogens with zero attached hydrogens (tertiary/aromatic N) is 3. The Morgan fingerprint density at radius 1 is 1.09 bits per heavy atom. The lowest BCUT2D eigenvalue weighted by Crippen LogP contribution is -2.36. The molecule has 1 aliphatic heterocycles. The summed E-state index contributed by atoms with van der Waals surface area (Å²) in [5.41, 5.74) is 0.596. The first kappa shape index (κ1) is 15.3. The number of amides is 1. The van der Waals surface area contributed by atoms with Crippen molar-refractivity contribution < 1.29 is 13.6 Å². The number of hydrogen-bond donors (Lipinski definition) is 1. The van der Waals surface area contributed by atoms with Gasteiger partial charge >= 0.3 is 0 Å². The van der Waals surface area contributed by atoms with E-state index in [9.17, 15) is 13.6 Å². The van der Waals surface area contributed by atoms with Gasteiger partial charge in [-0.3, -0.25) is 4.79 Å². The van der Waals surface area contributed by atoms with Gasteiger partial charge in [0.1, 0.15) is 5.69 Å². The number of carbonyl (C=O) groups is 1. The fraction of sp³-hybridized carbons (Fsp3) is 0.312. The highest BCUT2D eigenvalue weighted by atomic mass is 19.2. The fourth-order valence-electron chi connectivity index (χ4n) is 2.50. The summed E-state index contributed by atoms with van der Waals surface area (Å²) in [5, 5.41) is 2.77. The lowest BCUT2D eigenvalue weighted by Gasteiger charge is -2.26. The predicted octanol–water partition coefficient (Wildman–Crippen LogP) is 3.12. The van der Waals surface area contributed by atoms with E-state index in [0.717, 1.165) is 44.5 Å². The minimum Gasteiger partial charge on any atom is -0.337 e. The SMILES string of the molecule is O=C(c1ccnc(Nc2ccc(F)c(F)c2)n1)N1CCCCC1. The molecule has 120 valence electrons. The molecule has 2 aromatic rings. The van der Waals surface area contributed by atoms with Crippen molar-refractivity contribution in [2.24, 2.45) is 0 Å². The number of piperidine rings is 1. The third-order valence-corrected chi connectivity index (χ3v) is 3.69. The molecular weight excluding hydrogens is 302 g/mol. The van der Waals surface area contributed by atoms with Crippen LogP contribution in [-0.4, -0.2) is 33.9 Å². The molecule has 0 bridgehead atoms. The van der Waals surface area contributed by atoms with E-state index in [1.807, 2.05) is 0 Å². The van der Waals surface area contributed by atoms with Crippen LogP contribution < -0.4 is 5.32 Å². The van der Waals surface area contributed by atoms with Crippen molar-refractivity contribution in [1.29, 1.82) is 0 Å². The zero-order valence-electron chi connectivity index (χ0n) is 12.4. The average molecular weight is 318 g/mol. The van der Waals surface area contributed by atoms with Crippen molar-refractivity contribution in [2.45, 2.75) is 19.3 Å². The van der Waals surface area contributed by atoms with Crippen LogP contribution in [0.3, 0.4) is 0 Å². The van der Waals surface area contributed by atoms with Gasteiger partial charge in [0.15, 0.2) is 11.6 Å². The number of anilines is 2. The second kappa shape index (κ2) is 6.68. The van der Waals surface area contributed by atoms with Gasteiger partial charge in [-0.25, -0.2) is 18.7 Å². The second-order valence-corrected chi connectivity index (χ2v) is 5.37. The standard InChI is InChI=1S/C16H16F2N4O/c17-12-5-4-11(10-13(12)18)20-16-19-7-6-14(21-16)15(23)22-8-2-1-3-9-22/h4-7,10H,1-3,8-9H2,(H,19,20,21). The lowest BCUT2D eigenvalue weighted by molar-refractivity contribution is 0.0718. The summed E-state index contributed by atoms with van der Waals surface area (Å²) in [7, 11) is 0. The van der Waals surface area contributed by atoms with E-state index in [2.05, 4.69) is 15.3 Å². The summed E-state index contributed by atoms with van der Waals surface area (Å²) in [6.45, 7) is 1.46. The molecule has 0 atom stereocenters. The Labute approximate surface area is 132 Å². The first-order valence-electron chi connectivity index (χ1n) is 7.48. The highest BCUT2D eigenvalue weighted by Gasteiger charge is 2.19. The number of halogens is 2. The van der Waals surface area contributed by atoms with E-state index in [1.54, 1.807) is 11.0 Å². The van der Waals surface area contributed by atoms with Crippen molar-refractivity contribution in [3.05, 3.63) is 47.8 Å². The van der Waals surface area contributed by atoms with Gasteiger partial charge in [0, 0.05) is 31.0 Å². The maximum absolute atomic E-state index is 13.2. The van der Waals surface area contributed by atoms with E-state index in [1.165, 1.54) is 12.3 Å². The van der Waals surface area contributed by atoms with Crippen molar-refractivity contribution >= 4 is 17.5 Å². The monoisotopic (exact) mass is 318 g/mol. The number of likely N-dealkylation sites (tertiary alicyclic amines) is 1. The summed E-state index contributed by atoms with van der Waals surface area (Å²) in [6.07, 6.45) is 4.59. The molecule has 1 fully saturated rings. The molecule has 5 nitrogen and oxygen atoms in total. The fourth-order valence-corrected chi connectivity index (χ4v) is 2.50. The average Bonchev–Trinajstić information content (AvgIpc) is 2.58. The minimum atomic E-state index is -0.962. The lowest BCUT2D eigenvalue weighted by atomic mass is 10.1. The van der Waals surface area contributed by atoms with E-state index in [0.29, 0.717) is 5.69 Å². The Morgan fingerprint density at radius 3 is 2.61 bits per heavy atom. The molecular formula is C16H16F2N4O.